The third-order valence-electron chi connectivity index (χ3n) is 5.95. The van der Waals surface area contributed by atoms with Gasteiger partial charge in [0, 0.05) is 6.08 Å². The summed E-state index contributed by atoms with van der Waals surface area (Å²) in [6.45, 7) is 0. The van der Waals surface area contributed by atoms with E-state index in [4.69, 9.17) is 9.94 Å². The number of sulfonamides is 1. The molecule has 0 aromatic heterocycles. The monoisotopic (exact) mass is 450 g/mol. The Bertz CT molecular complexity index is 902. The first kappa shape index (κ1) is 23.4. The molecule has 1 aromatic carbocycles. The molecule has 9 heteroatoms. The maximum absolute atomic E-state index is 13.1. The first-order chi connectivity index (χ1) is 14.9. The molecule has 2 aliphatic carbocycles. The van der Waals surface area contributed by atoms with Gasteiger partial charge in [-0.3, -0.25) is 14.8 Å². The molecule has 0 radical (unpaired) electrons. The van der Waals surface area contributed by atoms with E-state index in [1.165, 1.54) is 23.7 Å². The van der Waals surface area contributed by atoms with Crippen molar-refractivity contribution in [1.29, 1.82) is 0 Å². The second kappa shape index (κ2) is 10.9. The third kappa shape index (κ3) is 6.62. The summed E-state index contributed by atoms with van der Waals surface area (Å²) in [6, 6.07) is 5.12. The fraction of sp³-hybridized carbons (Fsp3) is 0.545. The van der Waals surface area contributed by atoms with Crippen LogP contribution in [-0.2, 0) is 24.3 Å². The molecule has 2 fully saturated rings. The lowest BCUT2D eigenvalue weighted by molar-refractivity contribution is -0.152. The number of amides is 1. The van der Waals surface area contributed by atoms with Crippen LogP contribution in [0.4, 0.5) is 0 Å². The quantitative estimate of drug-likeness (QED) is 0.242. The maximum atomic E-state index is 13.1. The average Bonchev–Trinajstić information content (AvgIpc) is 3.29. The van der Waals surface area contributed by atoms with Crippen molar-refractivity contribution in [2.45, 2.75) is 74.8 Å². The van der Waals surface area contributed by atoms with E-state index in [0.717, 1.165) is 63.9 Å². The molecule has 0 heterocycles. The molecular formula is C22H30N2O6S. The van der Waals surface area contributed by atoms with Crippen LogP contribution in [0.25, 0.3) is 6.08 Å². The maximum Gasteiger partial charge on any atom is 0.324 e. The zero-order valence-electron chi connectivity index (χ0n) is 17.5. The van der Waals surface area contributed by atoms with Crippen molar-refractivity contribution < 1.29 is 28.0 Å². The van der Waals surface area contributed by atoms with Crippen LogP contribution in [-0.4, -0.2) is 37.6 Å². The highest BCUT2D eigenvalue weighted by Gasteiger charge is 2.36. The highest BCUT2D eigenvalue weighted by molar-refractivity contribution is 7.89. The first-order valence-corrected chi connectivity index (χ1v) is 12.3. The smallest absolute Gasteiger partial charge is 0.324 e. The summed E-state index contributed by atoms with van der Waals surface area (Å²) < 4.78 is 34.5. The molecule has 2 saturated carbocycles. The first-order valence-electron chi connectivity index (χ1n) is 10.8. The van der Waals surface area contributed by atoms with Crippen LogP contribution in [0.15, 0.2) is 35.2 Å². The summed E-state index contributed by atoms with van der Waals surface area (Å²) >= 11 is 0. The summed E-state index contributed by atoms with van der Waals surface area (Å²) in [4.78, 5) is 24.1. The lowest BCUT2D eigenvalue weighted by Gasteiger charge is -2.30. The van der Waals surface area contributed by atoms with E-state index in [2.05, 4.69) is 4.72 Å². The normalized spacial score (nSPS) is 19.4. The lowest BCUT2D eigenvalue weighted by Crippen LogP contribution is -2.48. The molecule has 3 N–H and O–H groups in total. The Morgan fingerprint density at radius 2 is 1.74 bits per heavy atom. The largest absolute Gasteiger partial charge is 0.461 e. The summed E-state index contributed by atoms with van der Waals surface area (Å²) in [5, 5.41) is 8.57. The van der Waals surface area contributed by atoms with E-state index in [0.29, 0.717) is 5.56 Å². The molecule has 0 unspecified atom stereocenters. The average molecular weight is 451 g/mol. The number of hydrogen-bond donors (Lipinski definition) is 3. The molecule has 1 atom stereocenters. The number of carbonyl (C=O) groups is 2. The molecule has 2 aliphatic rings. The molecule has 3 rings (SSSR count). The number of hydroxylamine groups is 1. The van der Waals surface area contributed by atoms with Gasteiger partial charge >= 0.3 is 5.97 Å². The number of ether oxygens (including phenoxy) is 1. The fourth-order valence-corrected chi connectivity index (χ4v) is 5.59. The third-order valence-corrected chi connectivity index (χ3v) is 7.39. The minimum atomic E-state index is -3.99. The van der Waals surface area contributed by atoms with E-state index in [9.17, 15) is 18.0 Å². The summed E-state index contributed by atoms with van der Waals surface area (Å²) in [7, 11) is -3.99. The summed E-state index contributed by atoms with van der Waals surface area (Å²) in [5.74, 6) is -1.30. The van der Waals surface area contributed by atoms with Crippen molar-refractivity contribution >= 4 is 28.0 Å². The Kier molecular flexibility index (Phi) is 8.22. The number of nitrogens with one attached hydrogen (secondary N) is 2. The minimum absolute atomic E-state index is 0.00599. The van der Waals surface area contributed by atoms with Crippen molar-refractivity contribution in [3.8, 4) is 0 Å². The van der Waals surface area contributed by atoms with E-state index in [-0.39, 0.29) is 16.9 Å². The second-order valence-corrected chi connectivity index (χ2v) is 9.94. The van der Waals surface area contributed by atoms with Gasteiger partial charge in [-0.1, -0.05) is 31.4 Å². The topological polar surface area (TPSA) is 122 Å². The van der Waals surface area contributed by atoms with Crippen LogP contribution in [0.1, 0.15) is 63.4 Å². The van der Waals surface area contributed by atoms with Gasteiger partial charge in [-0.15, -0.1) is 0 Å². The lowest BCUT2D eigenvalue weighted by atomic mass is 9.84. The molecule has 0 bridgehead atoms. The van der Waals surface area contributed by atoms with Crippen LogP contribution in [0.2, 0.25) is 0 Å². The van der Waals surface area contributed by atoms with Crippen LogP contribution >= 0.6 is 0 Å². The van der Waals surface area contributed by atoms with Crippen molar-refractivity contribution in [3.05, 3.63) is 35.9 Å². The van der Waals surface area contributed by atoms with Crippen molar-refractivity contribution in [3.63, 3.8) is 0 Å². The zero-order chi connectivity index (χ0) is 22.3. The molecule has 0 aliphatic heterocycles. The highest BCUT2D eigenvalue weighted by atomic mass is 32.2. The number of rotatable bonds is 8. The molecule has 1 amide bonds. The van der Waals surface area contributed by atoms with E-state index >= 15 is 0 Å². The Balaban J connectivity index is 1.79. The number of carbonyl (C=O) groups excluding carboxylic acids is 2. The van der Waals surface area contributed by atoms with Gasteiger partial charge in [0.25, 0.3) is 5.91 Å². The fourth-order valence-electron chi connectivity index (χ4n) is 4.28. The van der Waals surface area contributed by atoms with E-state index in [1.807, 2.05) is 0 Å². The summed E-state index contributed by atoms with van der Waals surface area (Å²) in [5.41, 5.74) is 1.94. The van der Waals surface area contributed by atoms with Crippen LogP contribution in [0.3, 0.4) is 0 Å². The van der Waals surface area contributed by atoms with Gasteiger partial charge in [-0.2, -0.15) is 4.72 Å². The molecule has 170 valence electrons. The van der Waals surface area contributed by atoms with Gasteiger partial charge in [-0.25, -0.2) is 13.9 Å². The second-order valence-electron chi connectivity index (χ2n) is 8.22. The van der Waals surface area contributed by atoms with Gasteiger partial charge in [0.15, 0.2) is 0 Å². The molecule has 31 heavy (non-hydrogen) atoms. The number of hydrogen-bond acceptors (Lipinski definition) is 6. The van der Waals surface area contributed by atoms with Gasteiger partial charge in [0.05, 0.1) is 4.90 Å². The van der Waals surface area contributed by atoms with Crippen molar-refractivity contribution in [2.75, 3.05) is 0 Å². The number of esters is 1. The number of benzene rings is 1. The zero-order valence-corrected chi connectivity index (χ0v) is 18.3. The standard InChI is InChI=1S/C22H30N2O6S/c25-20(23-27)14-13-16-7-6-12-19(15-16)31(28,29)24-21(17-8-2-1-3-9-17)22(26)30-18-10-4-5-11-18/h6-7,12-15,17-18,21,24,27H,1-5,8-11H2,(H,23,25)/t21-/m0/s1. The summed E-state index contributed by atoms with van der Waals surface area (Å²) in [6.07, 6.45) is 10.6. The van der Waals surface area contributed by atoms with Gasteiger partial charge in [-0.05, 0) is 68.2 Å². The predicted octanol–water partition coefficient (Wildman–Crippen LogP) is 2.92. The Morgan fingerprint density at radius 1 is 1.06 bits per heavy atom. The molecule has 0 saturated heterocycles. The molecular weight excluding hydrogens is 420 g/mol. The Labute approximate surface area is 183 Å². The molecule has 8 nitrogen and oxygen atoms in total. The van der Waals surface area contributed by atoms with Gasteiger partial charge in [0.2, 0.25) is 10.0 Å². The van der Waals surface area contributed by atoms with Crippen LogP contribution in [0, 0.1) is 5.92 Å². The van der Waals surface area contributed by atoms with Crippen molar-refractivity contribution in [1.82, 2.24) is 10.2 Å². The van der Waals surface area contributed by atoms with E-state index < -0.39 is 27.9 Å². The molecule has 1 aromatic rings. The van der Waals surface area contributed by atoms with Crippen LogP contribution in [0.5, 0.6) is 0 Å². The highest BCUT2D eigenvalue weighted by Crippen LogP contribution is 2.29. The molecule has 0 spiro atoms. The van der Waals surface area contributed by atoms with E-state index in [1.54, 1.807) is 12.1 Å². The predicted molar refractivity (Wildman–Crippen MR) is 114 cm³/mol. The Morgan fingerprint density at radius 3 is 2.42 bits per heavy atom. The van der Waals surface area contributed by atoms with Crippen molar-refractivity contribution in [2.24, 2.45) is 5.92 Å². The van der Waals surface area contributed by atoms with Gasteiger partial charge < -0.3 is 4.74 Å². The van der Waals surface area contributed by atoms with Gasteiger partial charge in [0.1, 0.15) is 12.1 Å². The van der Waals surface area contributed by atoms with Crippen LogP contribution < -0.4 is 10.2 Å². The SMILES string of the molecule is O=C(C=Cc1cccc(S(=O)(=O)N[C@H](C(=O)OC2CCCC2)C2CCCCC2)c1)NO. The minimum Gasteiger partial charge on any atom is -0.461 e. The Hall–Kier alpha value is -2.23.